The summed E-state index contributed by atoms with van der Waals surface area (Å²) >= 11 is 0. The molecule has 0 bridgehead atoms. The van der Waals surface area contributed by atoms with Gasteiger partial charge < -0.3 is 15.5 Å². The molecule has 0 aromatic carbocycles. The Hall–Kier alpha value is -2.57. The monoisotopic (exact) mass is 290 g/mol. The standard InChI is InChI=1S/C10H10N6O.2C2H6/c1-12-8-5-7(11)16-10(13-8)14-9(15-16)6-3-2-4-17-6;2*1-2/h2-5H,11H2,1H3,(H,12,13,14,15);2*1-2H3. The smallest absolute Gasteiger partial charge is 0.256 e. The first-order valence-electron chi connectivity index (χ1n) is 7.03. The van der Waals surface area contributed by atoms with E-state index in [2.05, 4.69) is 20.4 Å². The molecule has 21 heavy (non-hydrogen) atoms. The van der Waals surface area contributed by atoms with Crippen molar-refractivity contribution in [2.75, 3.05) is 18.1 Å². The van der Waals surface area contributed by atoms with Crippen molar-refractivity contribution in [3.8, 4) is 11.6 Å². The second-order valence-electron chi connectivity index (χ2n) is 3.44. The maximum absolute atomic E-state index is 5.85. The minimum atomic E-state index is 0.431. The summed E-state index contributed by atoms with van der Waals surface area (Å²) in [4.78, 5) is 8.49. The molecule has 3 N–H and O–H groups in total. The first kappa shape index (κ1) is 16.5. The average Bonchev–Trinajstić information content (AvgIpc) is 3.20. The minimum absolute atomic E-state index is 0.431. The van der Waals surface area contributed by atoms with Gasteiger partial charge in [-0.25, -0.2) is 0 Å². The molecule has 0 saturated carbocycles. The molecule has 0 aliphatic rings. The summed E-state index contributed by atoms with van der Waals surface area (Å²) in [5, 5.41) is 7.13. The molecule has 7 heteroatoms. The van der Waals surface area contributed by atoms with E-state index < -0.39 is 0 Å². The highest BCUT2D eigenvalue weighted by Crippen LogP contribution is 2.18. The van der Waals surface area contributed by atoms with Crippen molar-refractivity contribution in [2.45, 2.75) is 27.7 Å². The van der Waals surface area contributed by atoms with Gasteiger partial charge in [-0.2, -0.15) is 14.5 Å². The summed E-state index contributed by atoms with van der Waals surface area (Å²) in [6.45, 7) is 8.00. The number of hydrogen-bond acceptors (Lipinski definition) is 6. The first-order chi connectivity index (χ1) is 10.3. The van der Waals surface area contributed by atoms with E-state index in [1.54, 1.807) is 31.5 Å². The Kier molecular flexibility index (Phi) is 6.19. The van der Waals surface area contributed by atoms with Gasteiger partial charge in [0, 0.05) is 13.1 Å². The number of anilines is 2. The molecule has 3 rings (SSSR count). The predicted molar refractivity (Wildman–Crippen MR) is 85.1 cm³/mol. The molecular weight excluding hydrogens is 268 g/mol. The third-order valence-corrected chi connectivity index (χ3v) is 2.34. The van der Waals surface area contributed by atoms with Crippen molar-refractivity contribution in [1.82, 2.24) is 19.6 Å². The van der Waals surface area contributed by atoms with Crippen LogP contribution in [0.25, 0.3) is 17.4 Å². The molecule has 7 nitrogen and oxygen atoms in total. The molecule has 3 aromatic heterocycles. The summed E-state index contributed by atoms with van der Waals surface area (Å²) in [7, 11) is 1.77. The quantitative estimate of drug-likeness (QED) is 0.753. The van der Waals surface area contributed by atoms with Crippen LogP contribution in [0.3, 0.4) is 0 Å². The van der Waals surface area contributed by atoms with Gasteiger partial charge in [-0.1, -0.05) is 27.7 Å². The van der Waals surface area contributed by atoms with Crippen molar-refractivity contribution >= 4 is 17.4 Å². The number of fused-ring (bicyclic) bond motifs is 1. The Morgan fingerprint density at radius 3 is 2.48 bits per heavy atom. The van der Waals surface area contributed by atoms with Gasteiger partial charge in [0.2, 0.25) is 5.82 Å². The lowest BCUT2D eigenvalue weighted by Crippen LogP contribution is -2.03. The van der Waals surface area contributed by atoms with E-state index in [9.17, 15) is 0 Å². The molecule has 0 aliphatic heterocycles. The van der Waals surface area contributed by atoms with E-state index in [-0.39, 0.29) is 0 Å². The lowest BCUT2D eigenvalue weighted by Gasteiger charge is -2.00. The molecule has 0 spiro atoms. The van der Waals surface area contributed by atoms with Gasteiger partial charge >= 0.3 is 0 Å². The third kappa shape index (κ3) is 3.50. The van der Waals surface area contributed by atoms with Gasteiger partial charge in [-0.05, 0) is 12.1 Å². The zero-order valence-corrected chi connectivity index (χ0v) is 13.1. The van der Waals surface area contributed by atoms with Crippen LogP contribution in [0.1, 0.15) is 27.7 Å². The molecule has 0 saturated heterocycles. The van der Waals surface area contributed by atoms with Gasteiger partial charge in [0.1, 0.15) is 11.6 Å². The largest absolute Gasteiger partial charge is 0.461 e. The molecule has 3 aromatic rings. The van der Waals surface area contributed by atoms with E-state index in [0.29, 0.717) is 29.0 Å². The number of nitrogens with two attached hydrogens (primary N) is 1. The Balaban J connectivity index is 0.000000510. The second kappa shape index (κ2) is 7.88. The van der Waals surface area contributed by atoms with Crippen molar-refractivity contribution in [3.63, 3.8) is 0 Å². The summed E-state index contributed by atoms with van der Waals surface area (Å²) in [5.41, 5.74) is 5.85. The third-order valence-electron chi connectivity index (χ3n) is 2.34. The topological polar surface area (TPSA) is 94.3 Å². The Bertz CT molecular complexity index is 659. The van der Waals surface area contributed by atoms with Crippen LogP contribution in [0.5, 0.6) is 0 Å². The zero-order chi connectivity index (χ0) is 15.8. The summed E-state index contributed by atoms with van der Waals surface area (Å²) in [5.74, 6) is 2.59. The predicted octanol–water partition coefficient (Wildman–Crippen LogP) is 3.06. The summed E-state index contributed by atoms with van der Waals surface area (Å²) in [6, 6.07) is 5.24. The van der Waals surface area contributed by atoms with Crippen LogP contribution in [0.4, 0.5) is 11.6 Å². The van der Waals surface area contributed by atoms with Crippen molar-refractivity contribution in [1.29, 1.82) is 0 Å². The van der Waals surface area contributed by atoms with Crippen molar-refractivity contribution in [2.24, 2.45) is 0 Å². The molecule has 114 valence electrons. The normalized spacial score (nSPS) is 9.38. The number of nitrogen functional groups attached to an aromatic ring is 1. The van der Waals surface area contributed by atoms with Crippen LogP contribution in [0, 0.1) is 0 Å². The van der Waals surface area contributed by atoms with Crippen molar-refractivity contribution < 1.29 is 4.42 Å². The van der Waals surface area contributed by atoms with Gasteiger partial charge in [-0.15, -0.1) is 5.10 Å². The van der Waals surface area contributed by atoms with E-state index in [4.69, 9.17) is 10.2 Å². The van der Waals surface area contributed by atoms with Crippen molar-refractivity contribution in [3.05, 3.63) is 24.5 Å². The highest BCUT2D eigenvalue weighted by atomic mass is 16.3. The number of aromatic nitrogens is 4. The Morgan fingerprint density at radius 1 is 1.19 bits per heavy atom. The number of hydrogen-bond donors (Lipinski definition) is 2. The Morgan fingerprint density at radius 2 is 1.90 bits per heavy atom. The van der Waals surface area contributed by atoms with E-state index in [0.717, 1.165) is 0 Å². The average molecular weight is 290 g/mol. The molecule has 0 aliphatic carbocycles. The maximum atomic E-state index is 5.85. The maximum Gasteiger partial charge on any atom is 0.256 e. The fourth-order valence-corrected chi connectivity index (χ4v) is 1.53. The Labute approximate surface area is 124 Å². The number of nitrogens with zero attached hydrogens (tertiary/aromatic N) is 4. The van der Waals surface area contributed by atoms with Crippen LogP contribution < -0.4 is 11.1 Å². The van der Waals surface area contributed by atoms with Gasteiger partial charge in [0.05, 0.1) is 6.26 Å². The first-order valence-corrected chi connectivity index (χ1v) is 7.03. The lowest BCUT2D eigenvalue weighted by molar-refractivity contribution is 0.577. The van der Waals surface area contributed by atoms with Crippen LogP contribution in [0.15, 0.2) is 28.9 Å². The van der Waals surface area contributed by atoms with Crippen LogP contribution >= 0.6 is 0 Å². The fourth-order valence-electron chi connectivity index (χ4n) is 1.53. The lowest BCUT2D eigenvalue weighted by atomic mass is 10.4. The fraction of sp³-hybridized carbons (Fsp3) is 0.357. The molecule has 0 atom stereocenters. The second-order valence-corrected chi connectivity index (χ2v) is 3.44. The highest BCUT2D eigenvalue weighted by molar-refractivity contribution is 5.56. The molecule has 0 amide bonds. The van der Waals surface area contributed by atoms with E-state index in [1.807, 2.05) is 27.7 Å². The van der Waals surface area contributed by atoms with Gasteiger partial charge in [0.15, 0.2) is 5.76 Å². The van der Waals surface area contributed by atoms with E-state index >= 15 is 0 Å². The molecule has 0 radical (unpaired) electrons. The number of rotatable bonds is 2. The van der Waals surface area contributed by atoms with Crippen LogP contribution in [-0.4, -0.2) is 26.6 Å². The van der Waals surface area contributed by atoms with Crippen LogP contribution in [0.2, 0.25) is 0 Å². The molecule has 0 unspecified atom stereocenters. The highest BCUT2D eigenvalue weighted by Gasteiger charge is 2.12. The van der Waals surface area contributed by atoms with E-state index in [1.165, 1.54) is 4.52 Å². The SMILES string of the molecule is CC.CC.CNc1cc(N)n2nc(-c3ccco3)nc2n1. The summed E-state index contributed by atoms with van der Waals surface area (Å²) < 4.78 is 6.69. The molecular formula is C14H22N6O. The number of furan rings is 1. The van der Waals surface area contributed by atoms with Crippen LogP contribution in [-0.2, 0) is 0 Å². The number of nitrogens with one attached hydrogen (secondary N) is 1. The zero-order valence-electron chi connectivity index (χ0n) is 13.1. The van der Waals surface area contributed by atoms with Gasteiger partial charge in [0.25, 0.3) is 5.78 Å². The molecule has 0 fully saturated rings. The minimum Gasteiger partial charge on any atom is -0.461 e. The summed E-state index contributed by atoms with van der Waals surface area (Å²) in [6.07, 6.45) is 1.57. The van der Waals surface area contributed by atoms with Gasteiger partial charge in [-0.3, -0.25) is 0 Å². The molecule has 3 heterocycles.